The third-order valence-corrected chi connectivity index (χ3v) is 3.25. The van der Waals surface area contributed by atoms with Crippen molar-refractivity contribution >= 4 is 0 Å². The van der Waals surface area contributed by atoms with Gasteiger partial charge in [0, 0.05) is 6.04 Å². The Morgan fingerprint density at radius 1 is 1.40 bits per heavy atom. The fraction of sp³-hybridized carbons (Fsp3) is 0.500. The third kappa shape index (κ3) is 1.67. The number of aliphatic hydroxyl groups is 1. The molecule has 2 rings (SSSR count). The average molecular weight is 207 g/mol. The first kappa shape index (κ1) is 10.6. The highest BCUT2D eigenvalue weighted by Gasteiger charge is 2.45. The Bertz CT molecular complexity index is 330. The van der Waals surface area contributed by atoms with Gasteiger partial charge < -0.3 is 15.6 Å². The van der Waals surface area contributed by atoms with Crippen LogP contribution in [0.4, 0.5) is 0 Å². The van der Waals surface area contributed by atoms with E-state index in [0.29, 0.717) is 13.2 Å². The summed E-state index contributed by atoms with van der Waals surface area (Å²) in [6.07, 6.45) is 0. The largest absolute Gasteiger partial charge is 0.395 e. The molecule has 0 amide bonds. The molecule has 1 aromatic carbocycles. The van der Waals surface area contributed by atoms with Crippen LogP contribution in [0.2, 0.25) is 0 Å². The molecule has 15 heavy (non-hydrogen) atoms. The Balaban J connectivity index is 2.30. The van der Waals surface area contributed by atoms with Gasteiger partial charge in [0.05, 0.1) is 25.2 Å². The zero-order valence-electron chi connectivity index (χ0n) is 8.94. The van der Waals surface area contributed by atoms with E-state index in [2.05, 4.69) is 31.2 Å². The zero-order chi connectivity index (χ0) is 10.9. The summed E-state index contributed by atoms with van der Waals surface area (Å²) < 4.78 is 5.25. The first-order valence-corrected chi connectivity index (χ1v) is 5.20. The van der Waals surface area contributed by atoms with Crippen molar-refractivity contribution in [3.8, 4) is 0 Å². The second-order valence-corrected chi connectivity index (χ2v) is 4.30. The average Bonchev–Trinajstić information content (AvgIpc) is 2.19. The molecule has 0 aromatic heterocycles. The fourth-order valence-electron chi connectivity index (χ4n) is 1.98. The first-order chi connectivity index (χ1) is 7.19. The van der Waals surface area contributed by atoms with Gasteiger partial charge >= 0.3 is 0 Å². The van der Waals surface area contributed by atoms with Crippen molar-refractivity contribution < 1.29 is 9.84 Å². The summed E-state index contributed by atoms with van der Waals surface area (Å²) in [6.45, 7) is 3.27. The molecule has 3 nitrogen and oxygen atoms in total. The molecule has 1 aromatic rings. The van der Waals surface area contributed by atoms with Crippen LogP contribution in [0, 0.1) is 6.92 Å². The Labute approximate surface area is 89.9 Å². The van der Waals surface area contributed by atoms with Gasteiger partial charge in [-0.3, -0.25) is 0 Å². The number of ether oxygens (including phenoxy) is 1. The number of rotatable bonds is 3. The Kier molecular flexibility index (Phi) is 2.78. The van der Waals surface area contributed by atoms with Crippen LogP contribution in [0.1, 0.15) is 11.1 Å². The Morgan fingerprint density at radius 3 is 2.40 bits per heavy atom. The van der Waals surface area contributed by atoms with Crippen molar-refractivity contribution in [3.63, 3.8) is 0 Å². The van der Waals surface area contributed by atoms with Gasteiger partial charge in [0.1, 0.15) is 0 Å². The minimum absolute atomic E-state index is 0.00274. The highest BCUT2D eigenvalue weighted by Crippen LogP contribution is 2.34. The molecule has 0 aliphatic carbocycles. The molecular formula is C12H17NO2. The smallest absolute Gasteiger partial charge is 0.0601 e. The van der Waals surface area contributed by atoms with E-state index in [0.717, 1.165) is 0 Å². The van der Waals surface area contributed by atoms with Gasteiger partial charge in [-0.2, -0.15) is 0 Å². The number of nitrogens with two attached hydrogens (primary N) is 1. The predicted molar refractivity (Wildman–Crippen MR) is 58.7 cm³/mol. The molecule has 1 fully saturated rings. The summed E-state index contributed by atoms with van der Waals surface area (Å²) in [5.74, 6) is 0. The van der Waals surface area contributed by atoms with Gasteiger partial charge in [0.15, 0.2) is 0 Å². The number of benzene rings is 1. The lowest BCUT2D eigenvalue weighted by atomic mass is 9.73. The van der Waals surface area contributed by atoms with Crippen molar-refractivity contribution in [3.05, 3.63) is 35.4 Å². The summed E-state index contributed by atoms with van der Waals surface area (Å²) in [7, 11) is 0. The van der Waals surface area contributed by atoms with E-state index in [1.165, 1.54) is 11.1 Å². The van der Waals surface area contributed by atoms with Crippen LogP contribution in [0.5, 0.6) is 0 Å². The molecule has 1 unspecified atom stereocenters. The first-order valence-electron chi connectivity index (χ1n) is 5.20. The van der Waals surface area contributed by atoms with E-state index in [1.54, 1.807) is 0 Å². The van der Waals surface area contributed by atoms with E-state index >= 15 is 0 Å². The summed E-state index contributed by atoms with van der Waals surface area (Å²) in [4.78, 5) is 0. The zero-order valence-corrected chi connectivity index (χ0v) is 8.94. The highest BCUT2D eigenvalue weighted by atomic mass is 16.5. The van der Waals surface area contributed by atoms with Crippen molar-refractivity contribution in [2.24, 2.45) is 5.73 Å². The summed E-state index contributed by atoms with van der Waals surface area (Å²) in [5, 5.41) is 9.17. The molecule has 1 heterocycles. The van der Waals surface area contributed by atoms with Crippen LogP contribution in [0.25, 0.3) is 0 Å². The summed E-state index contributed by atoms with van der Waals surface area (Å²) in [6, 6.07) is 8.05. The molecule has 1 atom stereocenters. The molecule has 1 aliphatic heterocycles. The molecule has 3 N–H and O–H groups in total. The monoisotopic (exact) mass is 207 g/mol. The second kappa shape index (κ2) is 3.93. The van der Waals surface area contributed by atoms with Crippen molar-refractivity contribution in [2.75, 3.05) is 19.8 Å². The maximum Gasteiger partial charge on any atom is 0.0601 e. The molecule has 82 valence electrons. The van der Waals surface area contributed by atoms with Gasteiger partial charge in [-0.25, -0.2) is 0 Å². The summed E-state index contributed by atoms with van der Waals surface area (Å²) in [5.41, 5.74) is 8.17. The minimum atomic E-state index is -0.242. The third-order valence-electron chi connectivity index (χ3n) is 3.25. The van der Waals surface area contributed by atoms with Gasteiger partial charge in [0.25, 0.3) is 0 Å². The van der Waals surface area contributed by atoms with E-state index in [-0.39, 0.29) is 18.1 Å². The molecule has 0 radical (unpaired) electrons. The Hall–Kier alpha value is -0.900. The lowest BCUT2D eigenvalue weighted by molar-refractivity contribution is -0.0798. The molecule has 0 saturated carbocycles. The maximum absolute atomic E-state index is 9.17. The van der Waals surface area contributed by atoms with Crippen molar-refractivity contribution in [2.45, 2.75) is 18.4 Å². The van der Waals surface area contributed by atoms with E-state index < -0.39 is 0 Å². The van der Waals surface area contributed by atoms with E-state index in [9.17, 15) is 5.11 Å². The molecule has 1 saturated heterocycles. The van der Waals surface area contributed by atoms with Crippen LogP contribution in [0.3, 0.4) is 0 Å². The van der Waals surface area contributed by atoms with Crippen molar-refractivity contribution in [1.82, 2.24) is 0 Å². The minimum Gasteiger partial charge on any atom is -0.395 e. The topological polar surface area (TPSA) is 55.5 Å². The Morgan fingerprint density at radius 2 is 2.00 bits per heavy atom. The summed E-state index contributed by atoms with van der Waals surface area (Å²) >= 11 is 0. The van der Waals surface area contributed by atoms with Crippen LogP contribution >= 0.6 is 0 Å². The van der Waals surface area contributed by atoms with E-state index in [4.69, 9.17) is 10.5 Å². The number of hydrogen-bond acceptors (Lipinski definition) is 3. The number of hydrogen-bond donors (Lipinski definition) is 2. The van der Waals surface area contributed by atoms with Crippen LogP contribution < -0.4 is 5.73 Å². The van der Waals surface area contributed by atoms with Crippen LogP contribution in [-0.4, -0.2) is 31.0 Å². The van der Waals surface area contributed by atoms with Gasteiger partial charge in [-0.05, 0) is 12.5 Å². The second-order valence-electron chi connectivity index (χ2n) is 4.30. The highest BCUT2D eigenvalue weighted by molar-refractivity contribution is 5.32. The fourth-order valence-corrected chi connectivity index (χ4v) is 1.98. The standard InChI is InChI=1S/C12H17NO2/c1-9-2-4-10(5-3-9)12(7-15-8-12)11(13)6-14/h2-5,11,14H,6-8,13H2,1H3. The van der Waals surface area contributed by atoms with Gasteiger partial charge in [-0.15, -0.1) is 0 Å². The lowest BCUT2D eigenvalue weighted by Gasteiger charge is -2.45. The molecular weight excluding hydrogens is 190 g/mol. The number of aliphatic hydroxyl groups excluding tert-OH is 1. The van der Waals surface area contributed by atoms with E-state index in [1.807, 2.05) is 0 Å². The van der Waals surface area contributed by atoms with Crippen LogP contribution in [0.15, 0.2) is 24.3 Å². The predicted octanol–water partition coefficient (Wildman–Crippen LogP) is 0.583. The van der Waals surface area contributed by atoms with Gasteiger partial charge in [0.2, 0.25) is 0 Å². The molecule has 1 aliphatic rings. The molecule has 0 bridgehead atoms. The molecule has 3 heteroatoms. The SMILES string of the molecule is Cc1ccc(C2(C(N)CO)COC2)cc1. The normalized spacial score (nSPS) is 20.7. The quantitative estimate of drug-likeness (QED) is 0.762. The maximum atomic E-state index is 9.17. The number of aryl methyl sites for hydroxylation is 1. The van der Waals surface area contributed by atoms with Gasteiger partial charge in [-0.1, -0.05) is 29.8 Å². The van der Waals surface area contributed by atoms with Crippen molar-refractivity contribution in [1.29, 1.82) is 0 Å². The van der Waals surface area contributed by atoms with Crippen LogP contribution in [-0.2, 0) is 10.2 Å². The lowest BCUT2D eigenvalue weighted by Crippen LogP contribution is -2.60. The molecule has 0 spiro atoms.